The summed E-state index contributed by atoms with van der Waals surface area (Å²) in [6, 6.07) is 0. The van der Waals surface area contributed by atoms with Gasteiger partial charge in [-0.15, -0.1) is 0 Å². The normalized spacial score (nSPS) is 14.2. The molecule has 1 heteroatoms. The summed E-state index contributed by atoms with van der Waals surface area (Å²) < 4.78 is 0. The van der Waals surface area contributed by atoms with Crippen LogP contribution in [0.1, 0.15) is 80.1 Å². The molecule has 0 rings (SSSR count). The van der Waals surface area contributed by atoms with Crippen molar-refractivity contribution in [2.75, 3.05) is 13.1 Å². The summed E-state index contributed by atoms with van der Waals surface area (Å²) in [6.45, 7) is 16.4. The van der Waals surface area contributed by atoms with E-state index < -0.39 is 0 Å². The van der Waals surface area contributed by atoms with E-state index in [9.17, 15) is 0 Å². The first-order valence-electron chi connectivity index (χ1n) is 8.08. The van der Waals surface area contributed by atoms with Gasteiger partial charge in [0, 0.05) is 0 Å². The highest BCUT2D eigenvalue weighted by Crippen LogP contribution is 2.30. The van der Waals surface area contributed by atoms with Crippen LogP contribution in [0.4, 0.5) is 0 Å². The van der Waals surface area contributed by atoms with E-state index in [0.717, 1.165) is 18.4 Å². The lowest BCUT2D eigenvalue weighted by atomic mass is 9.77. The fraction of sp³-hybridized carbons (Fsp3) is 1.00. The Bertz CT molecular complexity index is 179. The highest BCUT2D eigenvalue weighted by Gasteiger charge is 2.23. The number of unbranched alkanes of at least 4 members (excludes halogenated alkanes) is 4. The van der Waals surface area contributed by atoms with E-state index in [4.69, 9.17) is 0 Å². The Kier molecular flexibility index (Phi) is 9.81. The molecule has 0 radical (unpaired) electrons. The first kappa shape index (κ1) is 18.0. The van der Waals surface area contributed by atoms with Crippen molar-refractivity contribution in [1.29, 1.82) is 0 Å². The quantitative estimate of drug-likeness (QED) is 0.525. The van der Waals surface area contributed by atoms with Gasteiger partial charge in [0.15, 0.2) is 0 Å². The van der Waals surface area contributed by atoms with Crippen LogP contribution >= 0.6 is 0 Å². The summed E-state index contributed by atoms with van der Waals surface area (Å²) in [5.41, 5.74) is 0.439. The Morgan fingerprint density at radius 2 is 1.50 bits per heavy atom. The van der Waals surface area contributed by atoms with E-state index in [1.165, 1.54) is 45.1 Å². The molecule has 0 aliphatic rings. The second-order valence-corrected chi connectivity index (χ2v) is 7.32. The summed E-state index contributed by atoms with van der Waals surface area (Å²) in [4.78, 5) is 0. The van der Waals surface area contributed by atoms with Gasteiger partial charge in [0.25, 0.3) is 0 Å². The summed E-state index contributed by atoms with van der Waals surface area (Å²) in [5, 5.41) is 3.64. The number of nitrogens with one attached hydrogen (secondary N) is 1. The van der Waals surface area contributed by atoms with Crippen LogP contribution in [0.15, 0.2) is 0 Å². The van der Waals surface area contributed by atoms with Gasteiger partial charge in [-0.25, -0.2) is 0 Å². The Morgan fingerprint density at radius 3 is 2.00 bits per heavy atom. The zero-order valence-corrected chi connectivity index (χ0v) is 13.8. The third-order valence-corrected chi connectivity index (χ3v) is 3.82. The summed E-state index contributed by atoms with van der Waals surface area (Å²) in [5.74, 6) is 1.58. The van der Waals surface area contributed by atoms with E-state index in [1.807, 2.05) is 0 Å². The van der Waals surface area contributed by atoms with Crippen LogP contribution in [0.25, 0.3) is 0 Å². The topological polar surface area (TPSA) is 12.0 Å². The molecule has 1 atom stereocenters. The molecule has 0 aromatic heterocycles. The standard InChI is InChI=1S/C17H37N/c1-7-8-9-10-11-12-16(17(4,5)6)14-18-13-15(2)3/h15-16,18H,7-14H2,1-6H3. The highest BCUT2D eigenvalue weighted by atomic mass is 14.9. The largest absolute Gasteiger partial charge is 0.316 e. The Hall–Kier alpha value is -0.0400. The van der Waals surface area contributed by atoms with Crippen molar-refractivity contribution >= 4 is 0 Å². The molecule has 0 fully saturated rings. The maximum atomic E-state index is 3.64. The second kappa shape index (κ2) is 9.83. The van der Waals surface area contributed by atoms with Crippen LogP contribution in [0, 0.1) is 17.3 Å². The average Bonchev–Trinajstić information content (AvgIpc) is 2.24. The minimum absolute atomic E-state index is 0.439. The molecular formula is C17H37N. The van der Waals surface area contributed by atoms with E-state index in [2.05, 4.69) is 46.9 Å². The molecule has 0 aromatic rings. The van der Waals surface area contributed by atoms with Gasteiger partial charge in [-0.1, -0.05) is 73.6 Å². The van der Waals surface area contributed by atoms with Crippen molar-refractivity contribution in [2.45, 2.75) is 80.1 Å². The number of rotatable bonds is 10. The fourth-order valence-corrected chi connectivity index (χ4v) is 2.38. The summed E-state index contributed by atoms with van der Waals surface area (Å²) >= 11 is 0. The molecule has 18 heavy (non-hydrogen) atoms. The molecule has 0 heterocycles. The molecule has 0 aliphatic carbocycles. The van der Waals surface area contributed by atoms with Crippen LogP contribution in [-0.4, -0.2) is 13.1 Å². The Balaban J connectivity index is 3.86. The average molecular weight is 255 g/mol. The molecule has 0 bridgehead atoms. The molecule has 0 aliphatic heterocycles. The smallest absolute Gasteiger partial charge is 0.00154 e. The Labute approximate surface area is 116 Å². The monoisotopic (exact) mass is 255 g/mol. The van der Waals surface area contributed by atoms with Gasteiger partial charge in [-0.2, -0.15) is 0 Å². The second-order valence-electron chi connectivity index (χ2n) is 7.32. The van der Waals surface area contributed by atoms with Crippen molar-refractivity contribution in [1.82, 2.24) is 5.32 Å². The molecule has 0 aromatic carbocycles. The van der Waals surface area contributed by atoms with E-state index in [1.54, 1.807) is 0 Å². The molecular weight excluding hydrogens is 218 g/mol. The van der Waals surface area contributed by atoms with Crippen LogP contribution in [0.3, 0.4) is 0 Å². The molecule has 110 valence electrons. The van der Waals surface area contributed by atoms with E-state index in [0.29, 0.717) is 5.41 Å². The van der Waals surface area contributed by atoms with Crippen LogP contribution in [-0.2, 0) is 0 Å². The number of hydrogen-bond acceptors (Lipinski definition) is 1. The van der Waals surface area contributed by atoms with Crippen molar-refractivity contribution in [3.8, 4) is 0 Å². The van der Waals surface area contributed by atoms with Gasteiger partial charge in [0.2, 0.25) is 0 Å². The predicted octanol–water partition coefficient (Wildman–Crippen LogP) is 5.25. The summed E-state index contributed by atoms with van der Waals surface area (Å²) in [7, 11) is 0. The Morgan fingerprint density at radius 1 is 0.889 bits per heavy atom. The van der Waals surface area contributed by atoms with Crippen molar-refractivity contribution in [3.63, 3.8) is 0 Å². The molecule has 1 nitrogen and oxygen atoms in total. The van der Waals surface area contributed by atoms with Gasteiger partial charge in [0.05, 0.1) is 0 Å². The van der Waals surface area contributed by atoms with Gasteiger partial charge in [0.1, 0.15) is 0 Å². The van der Waals surface area contributed by atoms with Gasteiger partial charge >= 0.3 is 0 Å². The highest BCUT2D eigenvalue weighted by molar-refractivity contribution is 4.76. The van der Waals surface area contributed by atoms with Crippen LogP contribution < -0.4 is 5.32 Å². The molecule has 0 amide bonds. The van der Waals surface area contributed by atoms with Crippen molar-refractivity contribution in [3.05, 3.63) is 0 Å². The third kappa shape index (κ3) is 9.94. The lowest BCUT2D eigenvalue weighted by Gasteiger charge is -2.31. The van der Waals surface area contributed by atoms with Gasteiger partial charge in [-0.3, -0.25) is 0 Å². The molecule has 0 saturated heterocycles. The minimum atomic E-state index is 0.439. The van der Waals surface area contributed by atoms with Crippen LogP contribution in [0.2, 0.25) is 0 Å². The van der Waals surface area contributed by atoms with Gasteiger partial charge in [-0.05, 0) is 36.8 Å². The summed E-state index contributed by atoms with van der Waals surface area (Å²) in [6.07, 6.45) is 8.39. The minimum Gasteiger partial charge on any atom is -0.316 e. The zero-order valence-electron chi connectivity index (χ0n) is 13.8. The predicted molar refractivity (Wildman–Crippen MR) is 84.0 cm³/mol. The van der Waals surface area contributed by atoms with E-state index in [-0.39, 0.29) is 0 Å². The zero-order chi connectivity index (χ0) is 14.0. The van der Waals surface area contributed by atoms with Gasteiger partial charge < -0.3 is 5.32 Å². The molecule has 0 spiro atoms. The third-order valence-electron chi connectivity index (χ3n) is 3.82. The maximum absolute atomic E-state index is 3.64. The first-order chi connectivity index (χ1) is 8.38. The number of hydrogen-bond donors (Lipinski definition) is 1. The molecule has 1 N–H and O–H groups in total. The van der Waals surface area contributed by atoms with E-state index >= 15 is 0 Å². The molecule has 1 unspecified atom stereocenters. The van der Waals surface area contributed by atoms with Crippen molar-refractivity contribution in [2.24, 2.45) is 17.3 Å². The van der Waals surface area contributed by atoms with Crippen LogP contribution in [0.5, 0.6) is 0 Å². The maximum Gasteiger partial charge on any atom is -0.00154 e. The lowest BCUT2D eigenvalue weighted by Crippen LogP contribution is -2.33. The first-order valence-corrected chi connectivity index (χ1v) is 8.08. The fourth-order valence-electron chi connectivity index (χ4n) is 2.38. The molecule has 0 saturated carbocycles. The lowest BCUT2D eigenvalue weighted by molar-refractivity contribution is 0.211. The SMILES string of the molecule is CCCCCCCC(CNCC(C)C)C(C)(C)C. The van der Waals surface area contributed by atoms with Crippen molar-refractivity contribution < 1.29 is 0 Å².